The van der Waals surface area contributed by atoms with Gasteiger partial charge in [-0.2, -0.15) is 0 Å². The van der Waals surface area contributed by atoms with Crippen LogP contribution in [0.25, 0.3) is 0 Å². The number of carbonyl (C=O) groups is 1. The summed E-state index contributed by atoms with van der Waals surface area (Å²) in [5.74, 6) is -0.0179. The van der Waals surface area contributed by atoms with E-state index in [-0.39, 0.29) is 11.7 Å². The molecule has 1 rings (SSSR count). The zero-order valence-electron chi connectivity index (χ0n) is 12.2. The first kappa shape index (κ1) is 15.8. The second-order valence-corrected chi connectivity index (χ2v) is 5.45. The van der Waals surface area contributed by atoms with Crippen LogP contribution in [0.2, 0.25) is 0 Å². The van der Waals surface area contributed by atoms with Crippen molar-refractivity contribution in [1.82, 2.24) is 9.80 Å². The van der Waals surface area contributed by atoms with E-state index in [1.54, 1.807) is 11.9 Å². The number of carbonyl (C=O) groups excluding carboxylic acids is 1. The Labute approximate surface area is 115 Å². The van der Waals surface area contributed by atoms with Gasteiger partial charge in [0.15, 0.2) is 5.84 Å². The van der Waals surface area contributed by atoms with Crippen molar-refractivity contribution in [2.24, 2.45) is 22.7 Å². The van der Waals surface area contributed by atoms with E-state index in [0.29, 0.717) is 12.3 Å². The van der Waals surface area contributed by atoms with Gasteiger partial charge < -0.3 is 20.7 Å². The normalized spacial score (nSPS) is 20.3. The molecule has 1 saturated heterocycles. The summed E-state index contributed by atoms with van der Waals surface area (Å²) in [6, 6.07) is 0. The molecule has 1 fully saturated rings. The summed E-state index contributed by atoms with van der Waals surface area (Å²) in [5.41, 5.74) is 5.56. The van der Waals surface area contributed by atoms with Gasteiger partial charge in [0, 0.05) is 13.6 Å². The van der Waals surface area contributed by atoms with Crippen LogP contribution < -0.4 is 5.73 Å². The van der Waals surface area contributed by atoms with Gasteiger partial charge in [0.05, 0.1) is 5.92 Å². The molecule has 1 atom stereocenters. The summed E-state index contributed by atoms with van der Waals surface area (Å²) in [7, 11) is 3.92. The molecule has 1 unspecified atom stereocenters. The molecule has 0 aromatic heterocycles. The highest BCUT2D eigenvalue weighted by molar-refractivity contribution is 6.01. The fourth-order valence-corrected chi connectivity index (χ4v) is 2.57. The lowest BCUT2D eigenvalue weighted by Crippen LogP contribution is -2.43. The van der Waals surface area contributed by atoms with Crippen LogP contribution in [0.4, 0.5) is 0 Å². The van der Waals surface area contributed by atoms with Gasteiger partial charge in [-0.15, -0.1) is 0 Å². The molecular weight excluding hydrogens is 244 g/mol. The molecule has 0 aliphatic carbocycles. The zero-order chi connectivity index (χ0) is 14.4. The Kier molecular flexibility index (Phi) is 6.08. The maximum absolute atomic E-state index is 12.3. The molecule has 3 N–H and O–H groups in total. The molecule has 1 aliphatic rings. The van der Waals surface area contributed by atoms with Gasteiger partial charge in [0.2, 0.25) is 5.91 Å². The predicted molar refractivity (Wildman–Crippen MR) is 75.0 cm³/mol. The zero-order valence-corrected chi connectivity index (χ0v) is 12.2. The van der Waals surface area contributed by atoms with Crippen molar-refractivity contribution in [2.45, 2.75) is 26.2 Å². The Morgan fingerprint density at radius 1 is 1.53 bits per heavy atom. The third-order valence-electron chi connectivity index (χ3n) is 3.93. The van der Waals surface area contributed by atoms with Gasteiger partial charge in [-0.05, 0) is 45.3 Å². The maximum Gasteiger partial charge on any atom is 0.233 e. The van der Waals surface area contributed by atoms with Gasteiger partial charge in [-0.1, -0.05) is 12.1 Å². The van der Waals surface area contributed by atoms with Crippen molar-refractivity contribution in [2.75, 3.05) is 33.7 Å². The molecule has 0 saturated carbocycles. The third-order valence-corrected chi connectivity index (χ3v) is 3.93. The largest absolute Gasteiger partial charge is 0.409 e. The number of rotatable bonds is 5. The lowest BCUT2D eigenvalue weighted by molar-refractivity contribution is -0.133. The van der Waals surface area contributed by atoms with Crippen LogP contribution in [0.1, 0.15) is 26.2 Å². The molecule has 1 heterocycles. The molecule has 0 aromatic rings. The number of nitrogens with zero attached hydrogens (tertiary/aromatic N) is 3. The van der Waals surface area contributed by atoms with Crippen LogP contribution in [-0.4, -0.2) is 60.5 Å². The van der Waals surface area contributed by atoms with Crippen molar-refractivity contribution >= 4 is 11.7 Å². The van der Waals surface area contributed by atoms with E-state index in [2.05, 4.69) is 17.1 Å². The Bertz CT molecular complexity index is 325. The lowest BCUT2D eigenvalue weighted by Gasteiger charge is -2.32. The molecule has 0 spiro atoms. The van der Waals surface area contributed by atoms with Crippen LogP contribution >= 0.6 is 0 Å². The fourth-order valence-electron chi connectivity index (χ4n) is 2.57. The number of amidine groups is 1. The molecule has 1 amide bonds. The van der Waals surface area contributed by atoms with Crippen LogP contribution in [-0.2, 0) is 4.79 Å². The van der Waals surface area contributed by atoms with Gasteiger partial charge in [-0.3, -0.25) is 4.79 Å². The molecule has 0 radical (unpaired) electrons. The molecule has 19 heavy (non-hydrogen) atoms. The number of hydrogen-bond donors (Lipinski definition) is 2. The number of likely N-dealkylation sites (tertiary alicyclic amines) is 1. The van der Waals surface area contributed by atoms with E-state index in [9.17, 15) is 4.79 Å². The molecule has 1 aliphatic heterocycles. The Hall–Kier alpha value is -1.30. The Morgan fingerprint density at radius 2 is 2.11 bits per heavy atom. The summed E-state index contributed by atoms with van der Waals surface area (Å²) in [6.45, 7) is 4.79. The SMILES string of the molecule is CCC(C(=O)N(C)CC1CCN(C)CC1)C(N)=NO. The number of oxime groups is 1. The Balaban J connectivity index is 2.52. The average molecular weight is 270 g/mol. The molecule has 6 nitrogen and oxygen atoms in total. The minimum atomic E-state index is -0.513. The standard InChI is InChI=1S/C13H26N4O2/c1-4-11(12(14)15-19)13(18)17(3)9-10-5-7-16(2)8-6-10/h10-11,19H,4-9H2,1-3H3,(H2,14,15). The summed E-state index contributed by atoms with van der Waals surface area (Å²) in [4.78, 5) is 16.3. The first-order valence-corrected chi connectivity index (χ1v) is 6.90. The average Bonchev–Trinajstić information content (AvgIpc) is 2.41. The summed E-state index contributed by atoms with van der Waals surface area (Å²) >= 11 is 0. The van der Waals surface area contributed by atoms with Gasteiger partial charge >= 0.3 is 0 Å². The van der Waals surface area contributed by atoms with Crippen LogP contribution in [0.5, 0.6) is 0 Å². The maximum atomic E-state index is 12.3. The highest BCUT2D eigenvalue weighted by Crippen LogP contribution is 2.18. The fraction of sp³-hybridized carbons (Fsp3) is 0.846. The van der Waals surface area contributed by atoms with Gasteiger partial charge in [0.25, 0.3) is 0 Å². The van der Waals surface area contributed by atoms with Crippen molar-refractivity contribution in [1.29, 1.82) is 0 Å². The Morgan fingerprint density at radius 3 is 2.58 bits per heavy atom. The number of piperidine rings is 1. The van der Waals surface area contributed by atoms with Crippen LogP contribution in [0, 0.1) is 11.8 Å². The van der Waals surface area contributed by atoms with Crippen LogP contribution in [0.3, 0.4) is 0 Å². The minimum Gasteiger partial charge on any atom is -0.409 e. The van der Waals surface area contributed by atoms with Crippen molar-refractivity contribution in [3.8, 4) is 0 Å². The van der Waals surface area contributed by atoms with Crippen molar-refractivity contribution < 1.29 is 10.0 Å². The molecule has 110 valence electrons. The smallest absolute Gasteiger partial charge is 0.233 e. The number of amides is 1. The van der Waals surface area contributed by atoms with E-state index in [4.69, 9.17) is 10.9 Å². The van der Waals surface area contributed by atoms with Gasteiger partial charge in [0.1, 0.15) is 0 Å². The highest BCUT2D eigenvalue weighted by atomic mass is 16.4. The summed E-state index contributed by atoms with van der Waals surface area (Å²) in [5, 5.41) is 11.7. The first-order chi connectivity index (χ1) is 8.99. The third kappa shape index (κ3) is 4.38. The monoisotopic (exact) mass is 270 g/mol. The van der Waals surface area contributed by atoms with Crippen LogP contribution in [0.15, 0.2) is 5.16 Å². The number of nitrogens with two attached hydrogens (primary N) is 1. The molecule has 0 bridgehead atoms. The van der Waals surface area contributed by atoms with E-state index in [0.717, 1.165) is 32.5 Å². The van der Waals surface area contributed by atoms with E-state index >= 15 is 0 Å². The first-order valence-electron chi connectivity index (χ1n) is 6.90. The highest BCUT2D eigenvalue weighted by Gasteiger charge is 2.27. The topological polar surface area (TPSA) is 82.2 Å². The van der Waals surface area contributed by atoms with E-state index in [1.165, 1.54) is 0 Å². The van der Waals surface area contributed by atoms with Crippen molar-refractivity contribution in [3.05, 3.63) is 0 Å². The lowest BCUT2D eigenvalue weighted by atomic mass is 9.95. The second-order valence-electron chi connectivity index (χ2n) is 5.45. The summed E-state index contributed by atoms with van der Waals surface area (Å²) in [6.07, 6.45) is 2.79. The van der Waals surface area contributed by atoms with Crippen molar-refractivity contribution in [3.63, 3.8) is 0 Å². The molecule has 6 heteroatoms. The van der Waals surface area contributed by atoms with E-state index < -0.39 is 5.92 Å². The number of hydrogen-bond acceptors (Lipinski definition) is 4. The second kappa shape index (κ2) is 7.33. The van der Waals surface area contributed by atoms with E-state index in [1.807, 2.05) is 6.92 Å². The predicted octanol–water partition coefficient (Wildman–Crippen LogP) is 0.559. The molecular formula is C13H26N4O2. The summed E-state index contributed by atoms with van der Waals surface area (Å²) < 4.78 is 0. The van der Waals surface area contributed by atoms with Gasteiger partial charge in [-0.25, -0.2) is 0 Å². The molecule has 0 aromatic carbocycles. The quantitative estimate of drug-likeness (QED) is 0.331. The minimum absolute atomic E-state index is 0.00253.